The average molecular weight is 547 g/mol. The molecule has 1 unspecified atom stereocenters. The first kappa shape index (κ1) is 35.1. The van der Waals surface area contributed by atoms with E-state index in [0.717, 1.165) is 51.4 Å². The van der Waals surface area contributed by atoms with Gasteiger partial charge in [-0.1, -0.05) is 111 Å². The summed E-state index contributed by atoms with van der Waals surface area (Å²) in [5, 5.41) is 0. The van der Waals surface area contributed by atoms with Crippen molar-refractivity contribution < 1.29 is 18.5 Å². The van der Waals surface area contributed by atoms with E-state index in [9.17, 15) is 9.46 Å². The van der Waals surface area contributed by atoms with Crippen molar-refractivity contribution in [3.8, 4) is 0 Å². The van der Waals surface area contributed by atoms with Crippen molar-refractivity contribution in [1.29, 1.82) is 0 Å². The van der Waals surface area contributed by atoms with Gasteiger partial charge in [0.2, 0.25) is 0 Å². The highest BCUT2D eigenvalue weighted by atomic mass is 31.2. The first-order chi connectivity index (χ1) is 18.0. The van der Waals surface area contributed by atoms with E-state index < -0.39 is 7.82 Å². The Balaban J connectivity index is 2.14. The monoisotopic (exact) mass is 546 g/mol. The summed E-state index contributed by atoms with van der Waals surface area (Å²) in [6.07, 6.45) is 23.5. The Morgan fingerprint density at radius 3 is 1.57 bits per heavy atom. The molecule has 0 aliphatic carbocycles. The lowest BCUT2D eigenvalue weighted by atomic mass is 9.99. The second kappa shape index (κ2) is 23.9. The molecule has 0 saturated carbocycles. The molecule has 37 heavy (non-hydrogen) atoms. The van der Waals surface area contributed by atoms with Crippen LogP contribution >= 0.6 is 7.82 Å². The molecular formula is C30H63N2O4P. The van der Waals surface area contributed by atoms with Crippen molar-refractivity contribution in [3.63, 3.8) is 0 Å². The van der Waals surface area contributed by atoms with E-state index in [1.807, 2.05) is 0 Å². The molecule has 0 aromatic carbocycles. The van der Waals surface area contributed by atoms with Crippen LogP contribution in [0, 0.1) is 0 Å². The molecule has 1 heterocycles. The van der Waals surface area contributed by atoms with Gasteiger partial charge in [0.25, 0.3) is 0 Å². The molecule has 7 heteroatoms. The predicted molar refractivity (Wildman–Crippen MR) is 158 cm³/mol. The van der Waals surface area contributed by atoms with Gasteiger partial charge in [0.15, 0.2) is 0 Å². The zero-order valence-electron chi connectivity index (χ0n) is 25.0. The molecule has 0 spiro atoms. The SMILES string of the molecule is CCCCCCCCCOP(=O)(O)OCCCCN1CCN(C(CCCCCC)CCCCCC)CC1. The van der Waals surface area contributed by atoms with Crippen LogP contribution < -0.4 is 0 Å². The molecule has 1 fully saturated rings. The Hall–Kier alpha value is 0.0300. The summed E-state index contributed by atoms with van der Waals surface area (Å²) in [6, 6.07) is 0.768. The van der Waals surface area contributed by atoms with Crippen LogP contribution in [0.4, 0.5) is 0 Å². The zero-order chi connectivity index (χ0) is 27.0. The molecule has 1 saturated heterocycles. The highest BCUT2D eigenvalue weighted by Gasteiger charge is 2.23. The van der Waals surface area contributed by atoms with Gasteiger partial charge in [0, 0.05) is 32.2 Å². The Morgan fingerprint density at radius 2 is 1.05 bits per heavy atom. The fourth-order valence-electron chi connectivity index (χ4n) is 5.37. The molecule has 1 rings (SSSR count). The zero-order valence-corrected chi connectivity index (χ0v) is 25.9. The number of unbranched alkanes of at least 4 members (excludes halogenated alkanes) is 13. The predicted octanol–water partition coefficient (Wildman–Crippen LogP) is 8.58. The van der Waals surface area contributed by atoms with Gasteiger partial charge in [0.05, 0.1) is 13.2 Å². The van der Waals surface area contributed by atoms with E-state index in [-0.39, 0.29) is 0 Å². The summed E-state index contributed by atoms with van der Waals surface area (Å²) in [5.74, 6) is 0. The third-order valence-electron chi connectivity index (χ3n) is 7.83. The fourth-order valence-corrected chi connectivity index (χ4v) is 6.16. The van der Waals surface area contributed by atoms with Gasteiger partial charge in [-0.3, -0.25) is 13.9 Å². The molecule has 222 valence electrons. The van der Waals surface area contributed by atoms with Crippen LogP contribution in [0.1, 0.15) is 143 Å². The summed E-state index contributed by atoms with van der Waals surface area (Å²) in [7, 11) is -3.90. The number of hydrogen-bond donors (Lipinski definition) is 1. The summed E-state index contributed by atoms with van der Waals surface area (Å²) < 4.78 is 22.4. The van der Waals surface area contributed by atoms with Gasteiger partial charge >= 0.3 is 7.82 Å². The van der Waals surface area contributed by atoms with Crippen LogP contribution in [0.25, 0.3) is 0 Å². The molecule has 0 bridgehead atoms. The standard InChI is InChI=1S/C30H63N2O4P/c1-4-7-10-13-14-15-19-28-35-37(33,34)36-29-20-18-23-31-24-26-32(27-25-31)30(21-16-11-8-5-2)22-17-12-9-6-3/h30H,4-29H2,1-3H3,(H,33,34). The lowest BCUT2D eigenvalue weighted by Gasteiger charge is -2.39. The number of phosphoric acid groups is 1. The van der Waals surface area contributed by atoms with Crippen LogP contribution in [0.3, 0.4) is 0 Å². The Labute approximate surface area is 230 Å². The Bertz CT molecular complexity index is 532. The molecule has 6 nitrogen and oxygen atoms in total. The third kappa shape index (κ3) is 19.7. The minimum Gasteiger partial charge on any atom is -0.302 e. The summed E-state index contributed by atoms with van der Waals surface area (Å²) in [6.45, 7) is 13.1. The van der Waals surface area contributed by atoms with Crippen LogP contribution in [0.5, 0.6) is 0 Å². The number of nitrogens with zero attached hydrogens (tertiary/aromatic N) is 2. The molecule has 0 amide bonds. The minimum atomic E-state index is -3.90. The molecule has 0 radical (unpaired) electrons. The second-order valence-corrected chi connectivity index (χ2v) is 12.6. The van der Waals surface area contributed by atoms with Crippen molar-refractivity contribution in [1.82, 2.24) is 9.80 Å². The largest absolute Gasteiger partial charge is 0.472 e. The van der Waals surface area contributed by atoms with Gasteiger partial charge in [-0.25, -0.2) is 4.57 Å². The van der Waals surface area contributed by atoms with E-state index in [1.165, 1.54) is 109 Å². The van der Waals surface area contributed by atoms with Crippen molar-refractivity contribution >= 4 is 7.82 Å². The molecule has 0 aromatic heterocycles. The highest BCUT2D eigenvalue weighted by molar-refractivity contribution is 7.47. The summed E-state index contributed by atoms with van der Waals surface area (Å²) >= 11 is 0. The summed E-state index contributed by atoms with van der Waals surface area (Å²) in [5.41, 5.74) is 0. The number of hydrogen-bond acceptors (Lipinski definition) is 5. The number of rotatable bonds is 26. The maximum Gasteiger partial charge on any atom is 0.472 e. The maximum absolute atomic E-state index is 12.1. The first-order valence-electron chi connectivity index (χ1n) is 16.1. The van der Waals surface area contributed by atoms with Crippen LogP contribution in [-0.4, -0.2) is 66.7 Å². The lowest BCUT2D eigenvalue weighted by molar-refractivity contribution is 0.0832. The molecule has 0 aromatic rings. The van der Waals surface area contributed by atoms with Crippen LogP contribution in [0.15, 0.2) is 0 Å². The van der Waals surface area contributed by atoms with Crippen molar-refractivity contribution in [3.05, 3.63) is 0 Å². The highest BCUT2D eigenvalue weighted by Crippen LogP contribution is 2.43. The third-order valence-corrected chi connectivity index (χ3v) is 8.85. The fraction of sp³-hybridized carbons (Fsp3) is 1.00. The number of phosphoric ester groups is 1. The molecule has 1 N–H and O–H groups in total. The van der Waals surface area contributed by atoms with E-state index >= 15 is 0 Å². The smallest absolute Gasteiger partial charge is 0.302 e. The summed E-state index contributed by atoms with van der Waals surface area (Å²) in [4.78, 5) is 15.2. The maximum atomic E-state index is 12.1. The molecular weight excluding hydrogens is 483 g/mol. The lowest BCUT2D eigenvalue weighted by Crippen LogP contribution is -2.50. The molecule has 1 atom stereocenters. The van der Waals surface area contributed by atoms with Gasteiger partial charge < -0.3 is 9.79 Å². The molecule has 1 aliphatic rings. The van der Waals surface area contributed by atoms with E-state index in [1.54, 1.807) is 0 Å². The second-order valence-electron chi connectivity index (χ2n) is 11.2. The van der Waals surface area contributed by atoms with Gasteiger partial charge in [-0.05, 0) is 38.6 Å². The Kier molecular flexibility index (Phi) is 22.6. The quantitative estimate of drug-likeness (QED) is 0.0866. The molecule has 1 aliphatic heterocycles. The van der Waals surface area contributed by atoms with Gasteiger partial charge in [-0.2, -0.15) is 0 Å². The van der Waals surface area contributed by atoms with Crippen LogP contribution in [0.2, 0.25) is 0 Å². The van der Waals surface area contributed by atoms with Gasteiger partial charge in [0.1, 0.15) is 0 Å². The average Bonchev–Trinajstić information content (AvgIpc) is 2.89. The van der Waals surface area contributed by atoms with E-state index in [4.69, 9.17) is 9.05 Å². The van der Waals surface area contributed by atoms with Crippen molar-refractivity contribution in [2.45, 2.75) is 149 Å². The first-order valence-corrected chi connectivity index (χ1v) is 17.6. The van der Waals surface area contributed by atoms with Crippen LogP contribution in [-0.2, 0) is 13.6 Å². The van der Waals surface area contributed by atoms with Crippen molar-refractivity contribution in [2.75, 3.05) is 45.9 Å². The van der Waals surface area contributed by atoms with E-state index in [2.05, 4.69) is 30.6 Å². The number of piperazine rings is 1. The van der Waals surface area contributed by atoms with Gasteiger partial charge in [-0.15, -0.1) is 0 Å². The minimum absolute atomic E-state index is 0.294. The van der Waals surface area contributed by atoms with Crippen molar-refractivity contribution in [2.24, 2.45) is 0 Å². The topological polar surface area (TPSA) is 62.2 Å². The Morgan fingerprint density at radius 1 is 0.622 bits per heavy atom. The normalized spacial score (nSPS) is 17.0. The van der Waals surface area contributed by atoms with E-state index in [0.29, 0.717) is 13.2 Å².